The molecule has 0 aliphatic heterocycles. The molecular formula is C21H18FN3O. The summed E-state index contributed by atoms with van der Waals surface area (Å²) in [5.41, 5.74) is 3.60. The molecule has 0 atom stereocenters. The molecule has 0 saturated heterocycles. The second-order valence-electron chi connectivity index (χ2n) is 6.43. The number of nitrogens with zero attached hydrogens (tertiary/aromatic N) is 2. The zero-order chi connectivity index (χ0) is 18.1. The van der Waals surface area contributed by atoms with E-state index >= 15 is 0 Å². The number of aromatic nitrogens is 2. The first-order valence-corrected chi connectivity index (χ1v) is 8.48. The number of hydrogen-bond donors (Lipinski definition) is 2. The Hall–Kier alpha value is -3.21. The van der Waals surface area contributed by atoms with Gasteiger partial charge in [0.2, 0.25) is 0 Å². The molecule has 1 aromatic heterocycles. The first-order valence-electron chi connectivity index (χ1n) is 8.48. The fourth-order valence-corrected chi connectivity index (χ4v) is 2.91. The summed E-state index contributed by atoms with van der Waals surface area (Å²) < 4.78 is 13.8. The Morgan fingerprint density at radius 3 is 2.50 bits per heavy atom. The zero-order valence-corrected chi connectivity index (χ0v) is 14.1. The highest BCUT2D eigenvalue weighted by Gasteiger charge is 2.24. The highest BCUT2D eigenvalue weighted by molar-refractivity contribution is 5.75. The summed E-state index contributed by atoms with van der Waals surface area (Å²) in [6.07, 6.45) is 5.56. The monoisotopic (exact) mass is 347 g/mol. The standard InChI is InChI=1S/C21H18FN3O/c1-13(26)18-10-15(14-6-7-14)8-9-20(18)25-16-11-23-21(24-12-16)17-4-2-3-5-19(17)22/h2-5,8-12,14,25-26H,1,6-7H2. The van der Waals surface area contributed by atoms with Crippen molar-refractivity contribution < 1.29 is 9.50 Å². The van der Waals surface area contributed by atoms with Gasteiger partial charge in [0, 0.05) is 11.3 Å². The molecule has 2 N–H and O–H groups in total. The number of benzene rings is 2. The Labute approximate surface area is 151 Å². The lowest BCUT2D eigenvalue weighted by molar-refractivity contribution is 0.514. The molecular weight excluding hydrogens is 329 g/mol. The Kier molecular flexibility index (Phi) is 4.13. The maximum atomic E-state index is 13.8. The van der Waals surface area contributed by atoms with Crippen LogP contribution in [0.15, 0.2) is 61.4 Å². The molecule has 1 heterocycles. The molecule has 1 fully saturated rings. The van der Waals surface area contributed by atoms with Crippen molar-refractivity contribution in [1.29, 1.82) is 0 Å². The van der Waals surface area contributed by atoms with Crippen LogP contribution in [0.3, 0.4) is 0 Å². The fraction of sp³-hybridized carbons (Fsp3) is 0.143. The van der Waals surface area contributed by atoms with E-state index < -0.39 is 0 Å². The molecule has 1 saturated carbocycles. The van der Waals surface area contributed by atoms with Gasteiger partial charge in [-0.15, -0.1) is 0 Å². The van der Waals surface area contributed by atoms with Gasteiger partial charge in [-0.1, -0.05) is 24.8 Å². The molecule has 1 aliphatic carbocycles. The SMILES string of the molecule is C=C(O)c1cc(C2CC2)ccc1Nc1cnc(-c2ccccc2F)nc1. The van der Waals surface area contributed by atoms with E-state index in [2.05, 4.69) is 27.9 Å². The first-order chi connectivity index (χ1) is 12.6. The zero-order valence-electron chi connectivity index (χ0n) is 14.1. The van der Waals surface area contributed by atoms with E-state index in [4.69, 9.17) is 0 Å². The second-order valence-corrected chi connectivity index (χ2v) is 6.43. The van der Waals surface area contributed by atoms with Gasteiger partial charge in [-0.25, -0.2) is 14.4 Å². The summed E-state index contributed by atoms with van der Waals surface area (Å²) in [5.74, 6) is 0.566. The van der Waals surface area contributed by atoms with Crippen LogP contribution < -0.4 is 5.32 Å². The van der Waals surface area contributed by atoms with Crippen molar-refractivity contribution in [2.75, 3.05) is 5.32 Å². The summed E-state index contributed by atoms with van der Waals surface area (Å²) in [6.45, 7) is 3.65. The topological polar surface area (TPSA) is 58.0 Å². The van der Waals surface area contributed by atoms with Gasteiger partial charge in [-0.3, -0.25) is 0 Å². The van der Waals surface area contributed by atoms with Crippen molar-refractivity contribution in [1.82, 2.24) is 9.97 Å². The van der Waals surface area contributed by atoms with E-state index in [1.807, 2.05) is 12.1 Å². The second kappa shape index (κ2) is 6.59. The van der Waals surface area contributed by atoms with Crippen LogP contribution in [-0.2, 0) is 0 Å². The average molecular weight is 347 g/mol. The number of aliphatic hydroxyl groups excluding tert-OH is 1. The number of hydrogen-bond acceptors (Lipinski definition) is 4. The molecule has 3 aromatic rings. The van der Waals surface area contributed by atoms with Crippen molar-refractivity contribution in [2.24, 2.45) is 0 Å². The van der Waals surface area contributed by atoms with E-state index in [0.717, 1.165) is 5.69 Å². The van der Waals surface area contributed by atoms with Crippen LogP contribution in [0.1, 0.15) is 29.9 Å². The molecule has 0 amide bonds. The third-order valence-corrected chi connectivity index (χ3v) is 4.45. The van der Waals surface area contributed by atoms with Crippen LogP contribution in [0, 0.1) is 5.82 Å². The van der Waals surface area contributed by atoms with Gasteiger partial charge in [0.25, 0.3) is 0 Å². The molecule has 5 heteroatoms. The third kappa shape index (κ3) is 3.28. The van der Waals surface area contributed by atoms with Crippen molar-refractivity contribution in [2.45, 2.75) is 18.8 Å². The van der Waals surface area contributed by atoms with Gasteiger partial charge in [0.15, 0.2) is 5.82 Å². The number of aliphatic hydroxyl groups is 1. The van der Waals surface area contributed by atoms with E-state index in [1.165, 1.54) is 24.5 Å². The molecule has 130 valence electrons. The average Bonchev–Trinajstić information content (AvgIpc) is 3.48. The minimum atomic E-state index is -0.359. The minimum Gasteiger partial charge on any atom is -0.508 e. The van der Waals surface area contributed by atoms with Crippen LogP contribution in [0.5, 0.6) is 0 Å². The maximum absolute atomic E-state index is 13.8. The quantitative estimate of drug-likeness (QED) is 0.604. The lowest BCUT2D eigenvalue weighted by Crippen LogP contribution is -1.99. The number of nitrogens with one attached hydrogen (secondary N) is 1. The minimum absolute atomic E-state index is 0.0129. The smallest absolute Gasteiger partial charge is 0.162 e. The highest BCUT2D eigenvalue weighted by atomic mass is 19.1. The number of halogens is 1. The Balaban J connectivity index is 1.59. The van der Waals surface area contributed by atoms with Gasteiger partial charge in [0.05, 0.1) is 23.6 Å². The van der Waals surface area contributed by atoms with Crippen LogP contribution in [0.4, 0.5) is 15.8 Å². The van der Waals surface area contributed by atoms with Crippen LogP contribution in [0.2, 0.25) is 0 Å². The summed E-state index contributed by atoms with van der Waals surface area (Å²) in [6, 6.07) is 12.3. The highest BCUT2D eigenvalue weighted by Crippen LogP contribution is 2.41. The van der Waals surface area contributed by atoms with Crippen molar-refractivity contribution >= 4 is 17.1 Å². The van der Waals surface area contributed by atoms with Gasteiger partial charge >= 0.3 is 0 Å². The molecule has 26 heavy (non-hydrogen) atoms. The lowest BCUT2D eigenvalue weighted by atomic mass is 10.0. The van der Waals surface area contributed by atoms with Crippen molar-refractivity contribution in [3.05, 3.63) is 78.4 Å². The molecule has 2 aromatic carbocycles. The Morgan fingerprint density at radius 1 is 1.12 bits per heavy atom. The molecule has 0 spiro atoms. The Bertz CT molecular complexity index is 965. The van der Waals surface area contributed by atoms with Crippen LogP contribution >= 0.6 is 0 Å². The van der Waals surface area contributed by atoms with Crippen molar-refractivity contribution in [3.8, 4) is 11.4 Å². The van der Waals surface area contributed by atoms with E-state index in [1.54, 1.807) is 30.6 Å². The largest absolute Gasteiger partial charge is 0.508 e. The molecule has 0 unspecified atom stereocenters. The normalized spacial score (nSPS) is 13.4. The van der Waals surface area contributed by atoms with Gasteiger partial charge in [-0.2, -0.15) is 0 Å². The first kappa shape index (κ1) is 16.3. The van der Waals surface area contributed by atoms with E-state index in [-0.39, 0.29) is 11.6 Å². The van der Waals surface area contributed by atoms with Crippen molar-refractivity contribution in [3.63, 3.8) is 0 Å². The summed E-state index contributed by atoms with van der Waals surface area (Å²) in [7, 11) is 0. The molecule has 4 rings (SSSR count). The maximum Gasteiger partial charge on any atom is 0.162 e. The lowest BCUT2D eigenvalue weighted by Gasteiger charge is -2.13. The number of rotatable bonds is 5. The predicted octanol–water partition coefficient (Wildman–Crippen LogP) is 5.43. The Morgan fingerprint density at radius 2 is 1.85 bits per heavy atom. The molecule has 4 nitrogen and oxygen atoms in total. The van der Waals surface area contributed by atoms with Crippen LogP contribution in [-0.4, -0.2) is 15.1 Å². The number of anilines is 2. The summed E-state index contributed by atoms with van der Waals surface area (Å²) in [4.78, 5) is 8.48. The summed E-state index contributed by atoms with van der Waals surface area (Å²) in [5, 5.41) is 13.1. The van der Waals surface area contributed by atoms with Crippen LogP contribution in [0.25, 0.3) is 17.1 Å². The summed E-state index contributed by atoms with van der Waals surface area (Å²) >= 11 is 0. The molecule has 0 bridgehead atoms. The van der Waals surface area contributed by atoms with E-state index in [0.29, 0.717) is 28.6 Å². The van der Waals surface area contributed by atoms with Gasteiger partial charge in [0.1, 0.15) is 11.6 Å². The fourth-order valence-electron chi connectivity index (χ4n) is 2.91. The van der Waals surface area contributed by atoms with Gasteiger partial charge in [-0.05, 0) is 48.6 Å². The molecule has 0 radical (unpaired) electrons. The van der Waals surface area contributed by atoms with Gasteiger partial charge < -0.3 is 10.4 Å². The van der Waals surface area contributed by atoms with E-state index in [9.17, 15) is 9.50 Å². The molecule has 1 aliphatic rings. The predicted molar refractivity (Wildman–Crippen MR) is 101 cm³/mol. The third-order valence-electron chi connectivity index (χ3n) is 4.45.